The number of halogens is 3. The average Bonchev–Trinajstić information content (AvgIpc) is 2.65. The summed E-state index contributed by atoms with van der Waals surface area (Å²) in [6.45, 7) is 3.60. The second-order valence-corrected chi connectivity index (χ2v) is 5.85. The van der Waals surface area contributed by atoms with Crippen LogP contribution in [-0.4, -0.2) is 26.0 Å². The smallest absolute Gasteiger partial charge is 0.416 e. The van der Waals surface area contributed by atoms with Gasteiger partial charge in [0.2, 0.25) is 0 Å². The van der Waals surface area contributed by atoms with Gasteiger partial charge in [-0.2, -0.15) is 13.2 Å². The molecule has 2 aromatic carbocycles. The molecule has 0 fully saturated rings. The predicted molar refractivity (Wildman–Crippen MR) is 93.9 cm³/mol. The molecule has 0 aromatic heterocycles. The molecule has 0 aliphatic rings. The van der Waals surface area contributed by atoms with Gasteiger partial charge in [-0.25, -0.2) is 0 Å². The number of ether oxygens (including phenoxy) is 2. The number of methoxy groups -OCH3 is 1. The van der Waals surface area contributed by atoms with Crippen LogP contribution in [0.2, 0.25) is 0 Å². The molecule has 0 saturated carbocycles. The first-order chi connectivity index (χ1) is 12.7. The molecule has 0 saturated heterocycles. The summed E-state index contributed by atoms with van der Waals surface area (Å²) >= 11 is 0. The average molecular weight is 380 g/mol. The van der Waals surface area contributed by atoms with Crippen molar-refractivity contribution in [2.75, 3.05) is 13.7 Å². The van der Waals surface area contributed by atoms with Crippen LogP contribution in [0.15, 0.2) is 36.4 Å². The van der Waals surface area contributed by atoms with Crippen LogP contribution >= 0.6 is 0 Å². The number of carbonyl (C=O) groups is 2. The summed E-state index contributed by atoms with van der Waals surface area (Å²) < 4.78 is 49.1. The lowest BCUT2D eigenvalue weighted by atomic mass is 9.92. The van der Waals surface area contributed by atoms with Crippen LogP contribution in [0.25, 0.3) is 11.1 Å². The largest absolute Gasteiger partial charge is 0.496 e. The van der Waals surface area contributed by atoms with Gasteiger partial charge in [0.25, 0.3) is 0 Å². The van der Waals surface area contributed by atoms with Gasteiger partial charge in [-0.1, -0.05) is 12.1 Å². The number of aldehydes is 1. The van der Waals surface area contributed by atoms with Crippen LogP contribution in [-0.2, 0) is 15.7 Å². The van der Waals surface area contributed by atoms with E-state index in [4.69, 9.17) is 9.47 Å². The van der Waals surface area contributed by atoms with Gasteiger partial charge in [-0.3, -0.25) is 9.59 Å². The predicted octanol–water partition coefficient (Wildman–Crippen LogP) is 4.86. The van der Waals surface area contributed by atoms with E-state index >= 15 is 0 Å². The molecule has 1 unspecified atom stereocenters. The van der Waals surface area contributed by atoms with Crippen LogP contribution in [0.1, 0.15) is 41.3 Å². The molecule has 0 radical (unpaired) electrons. The third-order valence-corrected chi connectivity index (χ3v) is 4.16. The highest BCUT2D eigenvalue weighted by Gasteiger charge is 2.31. The van der Waals surface area contributed by atoms with Crippen molar-refractivity contribution in [3.05, 3.63) is 53.1 Å². The Balaban J connectivity index is 2.58. The second kappa shape index (κ2) is 8.24. The van der Waals surface area contributed by atoms with Crippen molar-refractivity contribution in [2.24, 2.45) is 0 Å². The number of esters is 1. The number of carbonyl (C=O) groups excluding carboxylic acids is 2. The first kappa shape index (κ1) is 20.5. The zero-order valence-electron chi connectivity index (χ0n) is 15.1. The first-order valence-corrected chi connectivity index (χ1v) is 8.24. The maximum absolute atomic E-state index is 12.9. The van der Waals surface area contributed by atoms with E-state index in [0.29, 0.717) is 23.2 Å². The van der Waals surface area contributed by atoms with Gasteiger partial charge in [0, 0.05) is 11.1 Å². The Kier molecular flexibility index (Phi) is 6.25. The Morgan fingerprint density at radius 1 is 1.15 bits per heavy atom. The third kappa shape index (κ3) is 4.48. The van der Waals surface area contributed by atoms with E-state index in [-0.39, 0.29) is 17.7 Å². The van der Waals surface area contributed by atoms with Gasteiger partial charge in [0.1, 0.15) is 5.75 Å². The molecule has 2 rings (SSSR count). The van der Waals surface area contributed by atoms with Gasteiger partial charge in [0.05, 0.1) is 25.2 Å². The van der Waals surface area contributed by atoms with Crippen LogP contribution < -0.4 is 4.74 Å². The Bertz CT molecular complexity index is 844. The molecule has 0 spiro atoms. The molecule has 0 aliphatic heterocycles. The Morgan fingerprint density at radius 2 is 1.85 bits per heavy atom. The van der Waals surface area contributed by atoms with E-state index in [1.54, 1.807) is 32.0 Å². The van der Waals surface area contributed by atoms with E-state index in [1.165, 1.54) is 13.2 Å². The molecule has 0 heterocycles. The number of rotatable bonds is 6. The summed E-state index contributed by atoms with van der Waals surface area (Å²) in [5.74, 6) is -0.627. The van der Waals surface area contributed by atoms with E-state index in [0.717, 1.165) is 12.1 Å². The molecule has 0 bridgehead atoms. The second-order valence-electron chi connectivity index (χ2n) is 5.85. The Labute approximate surface area is 154 Å². The highest BCUT2D eigenvalue weighted by Crippen LogP contribution is 2.37. The molecular weight excluding hydrogens is 361 g/mol. The summed E-state index contributed by atoms with van der Waals surface area (Å²) in [7, 11) is 1.41. The lowest BCUT2D eigenvalue weighted by Gasteiger charge is -2.17. The fraction of sp³-hybridized carbons (Fsp3) is 0.300. The van der Waals surface area contributed by atoms with Crippen LogP contribution in [0.5, 0.6) is 5.75 Å². The molecule has 1 atom stereocenters. The van der Waals surface area contributed by atoms with Crippen LogP contribution in [0.4, 0.5) is 13.2 Å². The molecule has 2 aromatic rings. The van der Waals surface area contributed by atoms with Crippen molar-refractivity contribution >= 4 is 12.3 Å². The highest BCUT2D eigenvalue weighted by molar-refractivity contribution is 5.90. The quantitative estimate of drug-likeness (QED) is 0.531. The van der Waals surface area contributed by atoms with Crippen LogP contribution in [0.3, 0.4) is 0 Å². The molecule has 4 nitrogen and oxygen atoms in total. The molecule has 0 amide bonds. The fourth-order valence-electron chi connectivity index (χ4n) is 2.69. The lowest BCUT2D eigenvalue weighted by Crippen LogP contribution is -2.13. The van der Waals surface area contributed by atoms with E-state index in [9.17, 15) is 22.8 Å². The Hall–Kier alpha value is -2.83. The van der Waals surface area contributed by atoms with Gasteiger partial charge in [-0.15, -0.1) is 0 Å². The minimum Gasteiger partial charge on any atom is -0.496 e. The van der Waals surface area contributed by atoms with Crippen molar-refractivity contribution in [2.45, 2.75) is 25.9 Å². The summed E-state index contributed by atoms with van der Waals surface area (Å²) in [5, 5.41) is 0. The maximum atomic E-state index is 12.9. The van der Waals surface area contributed by atoms with Gasteiger partial charge < -0.3 is 9.47 Å². The van der Waals surface area contributed by atoms with Gasteiger partial charge >= 0.3 is 12.1 Å². The monoisotopic (exact) mass is 380 g/mol. The number of alkyl halides is 3. The molecule has 7 heteroatoms. The van der Waals surface area contributed by atoms with Crippen molar-refractivity contribution in [3.63, 3.8) is 0 Å². The molecular formula is C20H19F3O4. The zero-order chi connectivity index (χ0) is 20.2. The van der Waals surface area contributed by atoms with Crippen molar-refractivity contribution in [1.29, 1.82) is 0 Å². The zero-order valence-corrected chi connectivity index (χ0v) is 15.1. The minimum atomic E-state index is -4.55. The summed E-state index contributed by atoms with van der Waals surface area (Å²) in [5.41, 5.74) is 0.267. The third-order valence-electron chi connectivity index (χ3n) is 4.16. The van der Waals surface area contributed by atoms with Gasteiger partial charge in [0.15, 0.2) is 6.29 Å². The van der Waals surface area contributed by atoms with Crippen molar-refractivity contribution < 1.29 is 32.2 Å². The maximum Gasteiger partial charge on any atom is 0.416 e. The normalized spacial score (nSPS) is 12.4. The molecule has 0 aliphatic carbocycles. The molecule has 27 heavy (non-hydrogen) atoms. The standard InChI is InChI=1S/C20H19F3O4/c1-4-27-19(25)12(2)13-5-8-18(26-3)17(10-13)16-7-6-15(20(21,22)23)9-14(16)11-24/h5-12H,4H2,1-3H3. The number of benzene rings is 2. The fourth-order valence-corrected chi connectivity index (χ4v) is 2.69. The highest BCUT2D eigenvalue weighted by atomic mass is 19.4. The summed E-state index contributed by atoms with van der Waals surface area (Å²) in [6.07, 6.45) is -4.19. The summed E-state index contributed by atoms with van der Waals surface area (Å²) in [4.78, 5) is 23.4. The molecule has 144 valence electrons. The summed E-state index contributed by atoms with van der Waals surface area (Å²) in [6, 6.07) is 7.83. The lowest BCUT2D eigenvalue weighted by molar-refractivity contribution is -0.144. The van der Waals surface area contributed by atoms with E-state index < -0.39 is 23.6 Å². The topological polar surface area (TPSA) is 52.6 Å². The van der Waals surface area contributed by atoms with E-state index in [2.05, 4.69) is 0 Å². The number of hydrogen-bond donors (Lipinski definition) is 0. The number of hydrogen-bond acceptors (Lipinski definition) is 4. The minimum absolute atomic E-state index is 0.121. The SMILES string of the molecule is CCOC(=O)C(C)c1ccc(OC)c(-c2ccc(C(F)(F)F)cc2C=O)c1. The van der Waals surface area contributed by atoms with Gasteiger partial charge in [-0.05, 0) is 49.2 Å². The van der Waals surface area contributed by atoms with Crippen molar-refractivity contribution in [3.8, 4) is 16.9 Å². The Morgan fingerprint density at radius 3 is 2.41 bits per heavy atom. The van der Waals surface area contributed by atoms with E-state index in [1.807, 2.05) is 0 Å². The molecule has 0 N–H and O–H groups in total. The van der Waals surface area contributed by atoms with Crippen molar-refractivity contribution in [1.82, 2.24) is 0 Å². The van der Waals surface area contributed by atoms with Crippen LogP contribution in [0, 0.1) is 0 Å². The first-order valence-electron chi connectivity index (χ1n) is 8.24.